The zero-order valence-corrected chi connectivity index (χ0v) is 9.00. The lowest BCUT2D eigenvalue weighted by Crippen LogP contribution is -1.99. The van der Waals surface area contributed by atoms with E-state index in [1.807, 2.05) is 18.2 Å². The van der Waals surface area contributed by atoms with Gasteiger partial charge in [0.15, 0.2) is 0 Å². The summed E-state index contributed by atoms with van der Waals surface area (Å²) in [5.74, 6) is 0. The molecule has 0 radical (unpaired) electrons. The van der Waals surface area contributed by atoms with Gasteiger partial charge in [-0.2, -0.15) is 0 Å². The van der Waals surface area contributed by atoms with Crippen molar-refractivity contribution in [3.8, 4) is 10.6 Å². The van der Waals surface area contributed by atoms with Gasteiger partial charge in [0, 0.05) is 11.6 Å². The summed E-state index contributed by atoms with van der Waals surface area (Å²) in [6.07, 6.45) is 2.53. The topological polar surface area (TPSA) is 37.8 Å². The van der Waals surface area contributed by atoms with Crippen LogP contribution in [0.25, 0.3) is 10.6 Å². The Hall–Kier alpha value is -1.42. The molecule has 1 fully saturated rings. The summed E-state index contributed by atoms with van der Waals surface area (Å²) in [7, 11) is 0. The first kappa shape index (κ1) is 8.85. The third-order valence-corrected chi connectivity index (χ3v) is 3.25. The summed E-state index contributed by atoms with van der Waals surface area (Å²) in [6.45, 7) is 0. The van der Waals surface area contributed by atoms with Gasteiger partial charge in [-0.1, -0.05) is 41.7 Å². The third kappa shape index (κ3) is 1.99. The Bertz CT molecular complexity index is 448. The lowest BCUT2D eigenvalue weighted by atomic mass is 10.2. The predicted molar refractivity (Wildman–Crippen MR) is 62.0 cm³/mol. The van der Waals surface area contributed by atoms with Crippen molar-refractivity contribution in [2.75, 3.05) is 5.32 Å². The molecule has 3 nitrogen and oxygen atoms in total. The third-order valence-electron chi connectivity index (χ3n) is 2.35. The number of benzene rings is 1. The highest BCUT2D eigenvalue weighted by atomic mass is 32.1. The van der Waals surface area contributed by atoms with Crippen LogP contribution in [0.15, 0.2) is 30.3 Å². The summed E-state index contributed by atoms with van der Waals surface area (Å²) < 4.78 is 0. The van der Waals surface area contributed by atoms with Crippen LogP contribution in [0, 0.1) is 0 Å². The van der Waals surface area contributed by atoms with Crippen molar-refractivity contribution in [3.63, 3.8) is 0 Å². The van der Waals surface area contributed by atoms with E-state index in [0.717, 1.165) is 15.7 Å². The second-order valence-electron chi connectivity index (χ2n) is 3.70. The van der Waals surface area contributed by atoms with Crippen molar-refractivity contribution in [1.29, 1.82) is 0 Å². The van der Waals surface area contributed by atoms with Crippen molar-refractivity contribution in [1.82, 2.24) is 10.2 Å². The number of rotatable bonds is 3. The molecular weight excluding hydrogens is 206 g/mol. The van der Waals surface area contributed by atoms with Crippen molar-refractivity contribution >= 4 is 16.5 Å². The van der Waals surface area contributed by atoms with Gasteiger partial charge in [-0.25, -0.2) is 0 Å². The first-order valence-corrected chi connectivity index (χ1v) is 5.89. The van der Waals surface area contributed by atoms with Crippen LogP contribution in [0.4, 0.5) is 5.13 Å². The first-order valence-electron chi connectivity index (χ1n) is 5.07. The summed E-state index contributed by atoms with van der Waals surface area (Å²) in [4.78, 5) is 0. The maximum absolute atomic E-state index is 4.17. The molecule has 76 valence electrons. The van der Waals surface area contributed by atoms with Gasteiger partial charge in [-0.05, 0) is 12.8 Å². The molecule has 0 aliphatic heterocycles. The van der Waals surface area contributed by atoms with Crippen LogP contribution < -0.4 is 5.32 Å². The summed E-state index contributed by atoms with van der Waals surface area (Å²) in [6, 6.07) is 10.8. The summed E-state index contributed by atoms with van der Waals surface area (Å²) in [5, 5.41) is 13.6. The van der Waals surface area contributed by atoms with Gasteiger partial charge < -0.3 is 5.32 Å². The van der Waals surface area contributed by atoms with Crippen molar-refractivity contribution in [2.45, 2.75) is 18.9 Å². The van der Waals surface area contributed by atoms with Crippen molar-refractivity contribution < 1.29 is 0 Å². The molecule has 1 aromatic carbocycles. The van der Waals surface area contributed by atoms with E-state index >= 15 is 0 Å². The lowest BCUT2D eigenvalue weighted by Gasteiger charge is -1.94. The standard InChI is InChI=1S/C11H11N3S/c1-2-4-8(5-3-1)10-13-14-11(15-10)12-9-6-7-9/h1-5,9H,6-7H2,(H,12,14). The molecular formula is C11H11N3S. The fourth-order valence-corrected chi connectivity index (χ4v) is 2.21. The fraction of sp³-hybridized carbons (Fsp3) is 0.273. The fourth-order valence-electron chi connectivity index (χ4n) is 1.38. The number of hydrogen-bond acceptors (Lipinski definition) is 4. The van der Waals surface area contributed by atoms with Gasteiger partial charge in [-0.3, -0.25) is 0 Å². The van der Waals surface area contributed by atoms with E-state index < -0.39 is 0 Å². The molecule has 0 amide bonds. The smallest absolute Gasteiger partial charge is 0.206 e. The Balaban J connectivity index is 1.83. The van der Waals surface area contributed by atoms with Crippen molar-refractivity contribution in [3.05, 3.63) is 30.3 Å². The van der Waals surface area contributed by atoms with E-state index in [1.165, 1.54) is 12.8 Å². The van der Waals surface area contributed by atoms with Crippen LogP contribution in [0.5, 0.6) is 0 Å². The number of hydrogen-bond donors (Lipinski definition) is 1. The SMILES string of the molecule is c1ccc(-c2nnc(NC3CC3)s2)cc1. The monoisotopic (exact) mass is 217 g/mol. The van der Waals surface area contributed by atoms with Gasteiger partial charge in [-0.15, -0.1) is 10.2 Å². The molecule has 15 heavy (non-hydrogen) atoms. The van der Waals surface area contributed by atoms with Crippen LogP contribution in [0.2, 0.25) is 0 Å². The molecule has 1 aliphatic rings. The summed E-state index contributed by atoms with van der Waals surface area (Å²) >= 11 is 1.62. The zero-order valence-electron chi connectivity index (χ0n) is 8.18. The van der Waals surface area contributed by atoms with Crippen LogP contribution in [-0.2, 0) is 0 Å². The quantitative estimate of drug-likeness (QED) is 0.859. The Morgan fingerprint density at radius 2 is 1.93 bits per heavy atom. The molecule has 0 spiro atoms. The predicted octanol–water partition coefficient (Wildman–Crippen LogP) is 2.78. The van der Waals surface area contributed by atoms with E-state index in [2.05, 4.69) is 27.6 Å². The summed E-state index contributed by atoms with van der Waals surface area (Å²) in [5.41, 5.74) is 1.14. The molecule has 0 unspecified atom stereocenters. The van der Waals surface area contributed by atoms with Crippen LogP contribution in [0.1, 0.15) is 12.8 Å². The number of nitrogens with one attached hydrogen (secondary N) is 1. The maximum Gasteiger partial charge on any atom is 0.206 e. The average Bonchev–Trinajstić information content (AvgIpc) is 2.96. The van der Waals surface area contributed by atoms with Gasteiger partial charge in [0.2, 0.25) is 5.13 Å². The number of aromatic nitrogens is 2. The van der Waals surface area contributed by atoms with Gasteiger partial charge >= 0.3 is 0 Å². The molecule has 2 aromatic rings. The molecule has 1 N–H and O–H groups in total. The number of nitrogens with zero attached hydrogens (tertiary/aromatic N) is 2. The minimum Gasteiger partial charge on any atom is -0.357 e. The second-order valence-corrected chi connectivity index (χ2v) is 4.67. The Kier molecular flexibility index (Phi) is 2.14. The van der Waals surface area contributed by atoms with Gasteiger partial charge in [0.05, 0.1) is 0 Å². The van der Waals surface area contributed by atoms with E-state index in [-0.39, 0.29) is 0 Å². The highest BCUT2D eigenvalue weighted by molar-refractivity contribution is 7.18. The molecule has 1 heterocycles. The molecule has 0 atom stereocenters. The van der Waals surface area contributed by atoms with E-state index in [4.69, 9.17) is 0 Å². The van der Waals surface area contributed by atoms with E-state index in [1.54, 1.807) is 11.3 Å². The molecule has 3 rings (SSSR count). The second kappa shape index (κ2) is 3.62. The average molecular weight is 217 g/mol. The number of anilines is 1. The van der Waals surface area contributed by atoms with Crippen LogP contribution >= 0.6 is 11.3 Å². The van der Waals surface area contributed by atoms with Crippen LogP contribution in [0.3, 0.4) is 0 Å². The maximum atomic E-state index is 4.17. The zero-order chi connectivity index (χ0) is 10.1. The molecule has 1 aliphatic carbocycles. The highest BCUT2D eigenvalue weighted by Crippen LogP contribution is 2.30. The first-order chi connectivity index (χ1) is 7.42. The molecule has 0 bridgehead atoms. The Labute approximate surface area is 92.2 Å². The van der Waals surface area contributed by atoms with Gasteiger partial charge in [0.1, 0.15) is 5.01 Å². The largest absolute Gasteiger partial charge is 0.357 e. The highest BCUT2D eigenvalue weighted by Gasteiger charge is 2.22. The molecule has 4 heteroatoms. The molecule has 1 aromatic heterocycles. The molecule has 1 saturated carbocycles. The minimum absolute atomic E-state index is 0.640. The lowest BCUT2D eigenvalue weighted by molar-refractivity contribution is 1.05. The Morgan fingerprint density at radius 1 is 1.13 bits per heavy atom. The van der Waals surface area contributed by atoms with Gasteiger partial charge in [0.25, 0.3) is 0 Å². The molecule has 0 saturated heterocycles. The normalized spacial score (nSPS) is 15.2. The van der Waals surface area contributed by atoms with E-state index in [9.17, 15) is 0 Å². The van der Waals surface area contributed by atoms with Crippen molar-refractivity contribution in [2.24, 2.45) is 0 Å². The Morgan fingerprint density at radius 3 is 2.67 bits per heavy atom. The minimum atomic E-state index is 0.640. The van der Waals surface area contributed by atoms with Crippen LogP contribution in [-0.4, -0.2) is 16.2 Å². The van der Waals surface area contributed by atoms with E-state index in [0.29, 0.717) is 6.04 Å².